The zero-order chi connectivity index (χ0) is 19.9. The van der Waals surface area contributed by atoms with Crippen molar-refractivity contribution in [3.63, 3.8) is 0 Å². The molecule has 1 N–H and O–H groups in total. The van der Waals surface area contributed by atoms with Gasteiger partial charge in [0.2, 0.25) is 5.78 Å². The van der Waals surface area contributed by atoms with Crippen molar-refractivity contribution in [2.75, 3.05) is 0 Å². The van der Waals surface area contributed by atoms with E-state index in [2.05, 4.69) is 5.32 Å². The van der Waals surface area contributed by atoms with Gasteiger partial charge < -0.3 is 5.32 Å². The maximum Gasteiger partial charge on any atom is 0.340 e. The molecule has 0 bridgehead atoms. The smallest absolute Gasteiger partial charge is 0.333 e. The maximum atomic E-state index is 15.8. The van der Waals surface area contributed by atoms with Crippen LogP contribution in [0.3, 0.4) is 0 Å². The zero-order valence-electron chi connectivity index (χ0n) is 14.5. The number of nitrogens with one attached hydrogen (secondary N) is 1. The topological polar surface area (TPSA) is 46.2 Å². The van der Waals surface area contributed by atoms with Gasteiger partial charge in [-0.25, -0.2) is 4.39 Å². The van der Waals surface area contributed by atoms with E-state index in [0.717, 1.165) is 24.3 Å². The van der Waals surface area contributed by atoms with Gasteiger partial charge in [-0.15, -0.1) is 0 Å². The van der Waals surface area contributed by atoms with Gasteiger partial charge in [-0.3, -0.25) is 9.59 Å². The number of fused-ring (bicyclic) bond motifs is 1. The number of carbonyl (C=O) groups is 2. The fourth-order valence-electron chi connectivity index (χ4n) is 3.61. The zero-order valence-corrected chi connectivity index (χ0v) is 14.5. The highest BCUT2D eigenvalue weighted by atomic mass is 19.3. The van der Waals surface area contributed by atoms with Gasteiger partial charge in [0.05, 0.1) is 0 Å². The minimum Gasteiger partial charge on any atom is -0.333 e. The number of alkyl halides is 2. The number of ketones is 1. The van der Waals surface area contributed by atoms with Crippen molar-refractivity contribution in [2.45, 2.75) is 11.5 Å². The average Bonchev–Trinajstić information content (AvgIpc) is 3.03. The molecule has 0 spiro atoms. The molecule has 1 heterocycles. The van der Waals surface area contributed by atoms with E-state index in [1.807, 2.05) is 0 Å². The van der Waals surface area contributed by atoms with Crippen LogP contribution in [0, 0.1) is 5.82 Å². The third-order valence-corrected chi connectivity index (χ3v) is 4.95. The predicted molar refractivity (Wildman–Crippen MR) is 96.8 cm³/mol. The number of rotatable bonds is 4. The summed E-state index contributed by atoms with van der Waals surface area (Å²) >= 11 is 0. The Morgan fingerprint density at radius 2 is 1.46 bits per heavy atom. The molecule has 1 aliphatic rings. The molecule has 4 rings (SSSR count). The monoisotopic (exact) mass is 381 g/mol. The average molecular weight is 381 g/mol. The van der Waals surface area contributed by atoms with E-state index in [0.29, 0.717) is 0 Å². The van der Waals surface area contributed by atoms with Gasteiger partial charge in [-0.05, 0) is 35.9 Å². The van der Waals surface area contributed by atoms with Crippen molar-refractivity contribution in [3.8, 4) is 0 Å². The quantitative estimate of drug-likeness (QED) is 0.684. The highest BCUT2D eigenvalue weighted by Gasteiger charge is 2.65. The Hall–Kier alpha value is -3.41. The van der Waals surface area contributed by atoms with Gasteiger partial charge in [0.25, 0.3) is 5.91 Å². The number of hydrogen-bond donors (Lipinski definition) is 1. The molecule has 0 aliphatic carbocycles. The van der Waals surface area contributed by atoms with Gasteiger partial charge in [0, 0.05) is 16.7 Å². The van der Waals surface area contributed by atoms with Crippen molar-refractivity contribution < 1.29 is 22.8 Å². The molecule has 0 saturated carbocycles. The molecule has 0 radical (unpaired) electrons. The van der Waals surface area contributed by atoms with Crippen LogP contribution in [0.1, 0.15) is 31.8 Å². The van der Waals surface area contributed by atoms with Crippen molar-refractivity contribution in [2.24, 2.45) is 0 Å². The normalized spacial score (nSPS) is 18.5. The molecule has 3 aromatic carbocycles. The molecule has 28 heavy (non-hydrogen) atoms. The van der Waals surface area contributed by atoms with Crippen LogP contribution in [-0.4, -0.2) is 17.6 Å². The van der Waals surface area contributed by atoms with E-state index < -0.39 is 29.0 Å². The molecule has 1 unspecified atom stereocenters. The number of halogens is 3. The van der Waals surface area contributed by atoms with Crippen molar-refractivity contribution >= 4 is 11.7 Å². The highest BCUT2D eigenvalue weighted by molar-refractivity contribution is 6.07. The summed E-state index contributed by atoms with van der Waals surface area (Å²) < 4.78 is 44.9. The summed E-state index contributed by atoms with van der Waals surface area (Å²) in [5, 5.41) is 2.37. The lowest BCUT2D eigenvalue weighted by Crippen LogP contribution is -2.58. The van der Waals surface area contributed by atoms with Crippen LogP contribution in [0.25, 0.3) is 0 Å². The molecule has 0 aromatic heterocycles. The Morgan fingerprint density at radius 3 is 2.14 bits per heavy atom. The second-order valence-corrected chi connectivity index (χ2v) is 6.53. The third-order valence-electron chi connectivity index (χ3n) is 4.95. The van der Waals surface area contributed by atoms with E-state index in [1.165, 1.54) is 30.3 Å². The summed E-state index contributed by atoms with van der Waals surface area (Å²) in [7, 11) is 0. The standard InChI is InChI=1S/C22H14F3NO2/c23-16-12-10-14(11-13-16)19(27)22(24,25)21(15-6-2-1-3-7-15)18-9-5-4-8-17(18)20(28)26-21/h1-13H,(H,26,28). The van der Waals surface area contributed by atoms with E-state index in [4.69, 9.17) is 0 Å². The lowest BCUT2D eigenvalue weighted by molar-refractivity contribution is -0.0411. The van der Waals surface area contributed by atoms with Crippen LogP contribution < -0.4 is 5.32 Å². The number of Topliss-reactive ketones (excluding diaryl/α,β-unsaturated/α-hetero) is 1. The number of amides is 1. The Bertz CT molecular complexity index is 1060. The third kappa shape index (κ3) is 2.45. The fraction of sp³-hybridized carbons (Fsp3) is 0.0909. The molecule has 1 atom stereocenters. The van der Waals surface area contributed by atoms with Gasteiger partial charge >= 0.3 is 5.92 Å². The van der Waals surface area contributed by atoms with Crippen molar-refractivity contribution in [1.82, 2.24) is 5.32 Å². The summed E-state index contributed by atoms with van der Waals surface area (Å²) in [6, 6.07) is 17.5. The largest absolute Gasteiger partial charge is 0.340 e. The molecular weight excluding hydrogens is 367 g/mol. The predicted octanol–water partition coefficient (Wildman–Crippen LogP) is 4.33. The van der Waals surface area contributed by atoms with E-state index in [1.54, 1.807) is 24.3 Å². The highest BCUT2D eigenvalue weighted by Crippen LogP contribution is 2.49. The lowest BCUT2D eigenvalue weighted by Gasteiger charge is -2.37. The summed E-state index contributed by atoms with van der Waals surface area (Å²) in [6.45, 7) is 0. The Balaban J connectivity index is 1.96. The minimum absolute atomic E-state index is 0.0201. The first-order chi connectivity index (χ1) is 13.4. The lowest BCUT2D eigenvalue weighted by atomic mass is 9.75. The molecule has 0 fully saturated rings. The Kier molecular flexibility index (Phi) is 4.07. The van der Waals surface area contributed by atoms with Gasteiger partial charge in [-0.2, -0.15) is 8.78 Å². The van der Waals surface area contributed by atoms with Gasteiger partial charge in [-0.1, -0.05) is 48.5 Å². The van der Waals surface area contributed by atoms with Crippen molar-refractivity contribution in [1.29, 1.82) is 0 Å². The Labute approximate surface area is 158 Å². The molecule has 140 valence electrons. The van der Waals surface area contributed by atoms with Gasteiger partial charge in [0.15, 0.2) is 5.54 Å². The van der Waals surface area contributed by atoms with Crippen LogP contribution in [0.4, 0.5) is 13.2 Å². The molecule has 3 aromatic rings. The summed E-state index contributed by atoms with van der Waals surface area (Å²) in [5.41, 5.74) is -2.54. The molecule has 0 saturated heterocycles. The van der Waals surface area contributed by atoms with Crippen molar-refractivity contribution in [3.05, 3.63) is 107 Å². The SMILES string of the molecule is O=C1NC(c2ccccc2)(C(F)(F)C(=O)c2ccc(F)cc2)c2ccccc21. The summed E-state index contributed by atoms with van der Waals surface area (Å²) in [4.78, 5) is 25.3. The second-order valence-electron chi connectivity index (χ2n) is 6.53. The minimum atomic E-state index is -4.03. The number of hydrogen-bond acceptors (Lipinski definition) is 2. The number of benzene rings is 3. The van der Waals surface area contributed by atoms with Gasteiger partial charge in [0.1, 0.15) is 5.82 Å². The fourth-order valence-corrected chi connectivity index (χ4v) is 3.61. The van der Waals surface area contributed by atoms with E-state index >= 15 is 8.78 Å². The van der Waals surface area contributed by atoms with E-state index in [-0.39, 0.29) is 22.3 Å². The molecular formula is C22H14F3NO2. The van der Waals surface area contributed by atoms with E-state index in [9.17, 15) is 14.0 Å². The molecule has 1 amide bonds. The molecule has 1 aliphatic heterocycles. The Morgan fingerprint density at radius 1 is 0.857 bits per heavy atom. The molecule has 6 heteroatoms. The van der Waals surface area contributed by atoms with Crippen LogP contribution in [-0.2, 0) is 5.54 Å². The first-order valence-electron chi connectivity index (χ1n) is 8.53. The first-order valence-corrected chi connectivity index (χ1v) is 8.53. The maximum absolute atomic E-state index is 15.8. The second kappa shape index (κ2) is 6.34. The molecule has 3 nitrogen and oxygen atoms in total. The summed E-state index contributed by atoms with van der Waals surface area (Å²) in [6.07, 6.45) is 0. The first kappa shape index (κ1) is 18.0. The summed E-state index contributed by atoms with van der Waals surface area (Å²) in [5.74, 6) is -6.87. The number of carbonyl (C=O) groups excluding carboxylic acids is 2. The van der Waals surface area contributed by atoms with Crippen LogP contribution in [0.2, 0.25) is 0 Å². The van der Waals surface area contributed by atoms with Crippen LogP contribution >= 0.6 is 0 Å². The van der Waals surface area contributed by atoms with Crippen LogP contribution in [0.15, 0.2) is 78.9 Å². The van der Waals surface area contributed by atoms with Crippen LogP contribution in [0.5, 0.6) is 0 Å².